The van der Waals surface area contributed by atoms with Crippen LogP contribution in [0.5, 0.6) is 5.75 Å². The van der Waals surface area contributed by atoms with Gasteiger partial charge in [-0.15, -0.1) is 0 Å². The Bertz CT molecular complexity index is 1220. The number of carboxylic acids is 1. The van der Waals surface area contributed by atoms with Crippen LogP contribution in [0.15, 0.2) is 60.7 Å². The molecule has 0 bridgehead atoms. The van der Waals surface area contributed by atoms with Gasteiger partial charge in [0.1, 0.15) is 5.75 Å². The summed E-state index contributed by atoms with van der Waals surface area (Å²) >= 11 is 0. The minimum Gasteiger partial charge on any atom is -0.496 e. The molecule has 3 rings (SSSR count). The summed E-state index contributed by atoms with van der Waals surface area (Å²) in [4.78, 5) is 25.2. The summed E-state index contributed by atoms with van der Waals surface area (Å²) in [6.45, 7) is 3.05. The summed E-state index contributed by atoms with van der Waals surface area (Å²) in [5.74, 6) is -0.990. The van der Waals surface area contributed by atoms with E-state index in [-0.39, 0.29) is 24.4 Å². The van der Waals surface area contributed by atoms with Gasteiger partial charge in [0, 0.05) is 18.2 Å². The van der Waals surface area contributed by atoms with Crippen molar-refractivity contribution in [3.63, 3.8) is 0 Å². The lowest BCUT2D eigenvalue weighted by Gasteiger charge is -2.25. The Morgan fingerprint density at radius 1 is 1.00 bits per heavy atom. The molecule has 1 amide bonds. The zero-order chi connectivity index (χ0) is 25.0. The van der Waals surface area contributed by atoms with Crippen molar-refractivity contribution in [3.8, 4) is 16.9 Å². The molecule has 0 atom stereocenters. The van der Waals surface area contributed by atoms with Crippen LogP contribution < -0.4 is 9.64 Å². The van der Waals surface area contributed by atoms with Crippen molar-refractivity contribution < 1.29 is 32.6 Å². The number of methoxy groups -OCH3 is 1. The number of halogens is 3. The smallest absolute Gasteiger partial charge is 0.416 e. The molecule has 0 aliphatic carbocycles. The molecule has 0 saturated heterocycles. The third-order valence-electron chi connectivity index (χ3n) is 5.46. The summed E-state index contributed by atoms with van der Waals surface area (Å²) in [5.41, 5.74) is 2.11. The van der Waals surface area contributed by atoms with Gasteiger partial charge in [-0.3, -0.25) is 9.59 Å². The van der Waals surface area contributed by atoms with Gasteiger partial charge in [0.15, 0.2) is 0 Å². The number of para-hydroxylation sites is 1. The van der Waals surface area contributed by atoms with Crippen LogP contribution in [-0.4, -0.2) is 24.1 Å². The Kier molecular flexibility index (Phi) is 7.29. The quantitative estimate of drug-likeness (QED) is 0.468. The summed E-state index contributed by atoms with van der Waals surface area (Å²) in [7, 11) is 1.43. The number of carboxylic acid groups (broad SMARTS) is 1. The lowest BCUT2D eigenvalue weighted by atomic mass is 9.94. The van der Waals surface area contributed by atoms with E-state index in [0.717, 1.165) is 17.7 Å². The molecule has 0 radical (unpaired) electrons. The topological polar surface area (TPSA) is 66.8 Å². The largest absolute Gasteiger partial charge is 0.496 e. The SMILES string of the molecule is COc1ccc(CC(=O)O)cc1-c1ccc(C(F)(F)F)cc1CN(C(C)=O)c1ccccc1C. The predicted molar refractivity (Wildman–Crippen MR) is 123 cm³/mol. The molecule has 1 N–H and O–H groups in total. The number of carbonyl (C=O) groups is 2. The minimum absolute atomic E-state index is 0.119. The monoisotopic (exact) mass is 471 g/mol. The Balaban J connectivity index is 2.21. The number of rotatable bonds is 7. The van der Waals surface area contributed by atoms with Crippen molar-refractivity contribution in [1.82, 2.24) is 0 Å². The second kappa shape index (κ2) is 9.99. The van der Waals surface area contributed by atoms with Crippen molar-refractivity contribution in [2.45, 2.75) is 33.0 Å². The molecule has 5 nitrogen and oxygen atoms in total. The van der Waals surface area contributed by atoms with Gasteiger partial charge in [-0.2, -0.15) is 13.2 Å². The van der Waals surface area contributed by atoms with Gasteiger partial charge in [0.2, 0.25) is 5.91 Å². The molecule has 178 valence electrons. The Hall–Kier alpha value is -3.81. The predicted octanol–water partition coefficient (Wildman–Crippen LogP) is 5.87. The molecule has 0 heterocycles. The van der Waals surface area contributed by atoms with E-state index in [1.54, 1.807) is 30.3 Å². The second-order valence-electron chi connectivity index (χ2n) is 7.87. The number of amides is 1. The third-order valence-corrected chi connectivity index (χ3v) is 5.46. The molecule has 3 aromatic rings. The van der Waals surface area contributed by atoms with E-state index in [4.69, 9.17) is 9.84 Å². The highest BCUT2D eigenvalue weighted by molar-refractivity contribution is 5.92. The van der Waals surface area contributed by atoms with Crippen LogP contribution in [0.1, 0.15) is 29.2 Å². The van der Waals surface area contributed by atoms with Crippen LogP contribution >= 0.6 is 0 Å². The Morgan fingerprint density at radius 3 is 2.29 bits per heavy atom. The number of carbonyl (C=O) groups excluding carboxylic acids is 1. The van der Waals surface area contributed by atoms with Crippen LogP contribution in [0.4, 0.5) is 18.9 Å². The van der Waals surface area contributed by atoms with E-state index < -0.39 is 17.7 Å². The Morgan fingerprint density at radius 2 is 1.71 bits per heavy atom. The maximum atomic E-state index is 13.6. The number of aryl methyl sites for hydroxylation is 1. The van der Waals surface area contributed by atoms with Gasteiger partial charge >= 0.3 is 12.1 Å². The van der Waals surface area contributed by atoms with E-state index in [9.17, 15) is 22.8 Å². The lowest BCUT2D eigenvalue weighted by Crippen LogP contribution is -2.29. The van der Waals surface area contributed by atoms with E-state index in [2.05, 4.69) is 0 Å². The fourth-order valence-electron chi connectivity index (χ4n) is 3.82. The van der Waals surface area contributed by atoms with Crippen LogP contribution in [0.3, 0.4) is 0 Å². The summed E-state index contributed by atoms with van der Waals surface area (Å²) in [6.07, 6.45) is -4.83. The fraction of sp³-hybridized carbons (Fsp3) is 0.231. The number of ether oxygens (including phenoxy) is 1. The van der Waals surface area contributed by atoms with Gasteiger partial charge in [0.05, 0.1) is 25.6 Å². The summed E-state index contributed by atoms with van der Waals surface area (Å²) in [5, 5.41) is 9.17. The third kappa shape index (κ3) is 5.57. The molecular weight excluding hydrogens is 447 g/mol. The number of anilines is 1. The van der Waals surface area contributed by atoms with Crippen molar-refractivity contribution in [2.75, 3.05) is 12.0 Å². The van der Waals surface area contributed by atoms with Gasteiger partial charge in [-0.05, 0) is 59.5 Å². The standard InChI is InChI=1S/C26H24F3NO4/c1-16-6-4-5-7-23(16)30(17(2)31)15-19-14-20(26(27,28)29)9-10-21(19)22-12-18(13-25(32)33)8-11-24(22)34-3/h4-12,14H,13,15H2,1-3H3,(H,32,33). The Labute approximate surface area is 195 Å². The van der Waals surface area contributed by atoms with Gasteiger partial charge in [0.25, 0.3) is 0 Å². The van der Waals surface area contributed by atoms with E-state index in [1.165, 1.54) is 25.0 Å². The van der Waals surface area contributed by atoms with E-state index in [0.29, 0.717) is 28.1 Å². The maximum Gasteiger partial charge on any atom is 0.416 e. The lowest BCUT2D eigenvalue weighted by molar-refractivity contribution is -0.138. The number of alkyl halides is 3. The molecule has 0 aliphatic heterocycles. The first-order valence-electron chi connectivity index (χ1n) is 10.4. The average Bonchev–Trinajstić information content (AvgIpc) is 2.76. The van der Waals surface area contributed by atoms with Crippen LogP contribution in [0.25, 0.3) is 11.1 Å². The van der Waals surface area contributed by atoms with Crippen molar-refractivity contribution in [3.05, 3.63) is 82.9 Å². The van der Waals surface area contributed by atoms with Crippen molar-refractivity contribution in [1.29, 1.82) is 0 Å². The molecule has 0 fully saturated rings. The number of hydrogen-bond donors (Lipinski definition) is 1. The number of benzene rings is 3. The number of nitrogens with zero attached hydrogens (tertiary/aromatic N) is 1. The molecule has 8 heteroatoms. The van der Waals surface area contributed by atoms with Gasteiger partial charge in [-0.1, -0.05) is 30.3 Å². The molecular formula is C26H24F3NO4. The molecule has 0 aromatic heterocycles. The first-order valence-corrected chi connectivity index (χ1v) is 10.4. The second-order valence-corrected chi connectivity index (χ2v) is 7.87. The van der Waals surface area contributed by atoms with Crippen molar-refractivity contribution in [2.24, 2.45) is 0 Å². The van der Waals surface area contributed by atoms with E-state index >= 15 is 0 Å². The first-order chi connectivity index (χ1) is 16.0. The maximum absolute atomic E-state index is 13.6. The zero-order valence-corrected chi connectivity index (χ0v) is 18.9. The highest BCUT2D eigenvalue weighted by Gasteiger charge is 2.32. The van der Waals surface area contributed by atoms with Gasteiger partial charge < -0.3 is 14.7 Å². The summed E-state index contributed by atoms with van der Waals surface area (Å²) < 4.78 is 46.1. The zero-order valence-electron chi connectivity index (χ0n) is 18.9. The molecule has 34 heavy (non-hydrogen) atoms. The molecule has 0 aliphatic rings. The highest BCUT2D eigenvalue weighted by Crippen LogP contribution is 2.38. The van der Waals surface area contributed by atoms with E-state index in [1.807, 2.05) is 19.1 Å². The molecule has 0 spiro atoms. The average molecular weight is 471 g/mol. The van der Waals surface area contributed by atoms with Crippen LogP contribution in [-0.2, 0) is 28.7 Å². The normalized spacial score (nSPS) is 11.2. The minimum atomic E-state index is -4.58. The van der Waals surface area contributed by atoms with Crippen LogP contribution in [0, 0.1) is 6.92 Å². The molecule has 0 saturated carbocycles. The van der Waals surface area contributed by atoms with Crippen molar-refractivity contribution >= 4 is 17.6 Å². The number of aliphatic carboxylic acids is 1. The fourth-order valence-corrected chi connectivity index (χ4v) is 3.82. The summed E-state index contributed by atoms with van der Waals surface area (Å²) in [6, 6.07) is 15.2. The van der Waals surface area contributed by atoms with Gasteiger partial charge in [-0.25, -0.2) is 0 Å². The highest BCUT2D eigenvalue weighted by atomic mass is 19.4. The first kappa shape index (κ1) is 24.8. The number of hydrogen-bond acceptors (Lipinski definition) is 3. The van der Waals surface area contributed by atoms with Crippen LogP contribution in [0.2, 0.25) is 0 Å². The molecule has 3 aromatic carbocycles. The molecule has 0 unspecified atom stereocenters.